The Hall–Kier alpha value is -2.41. The summed E-state index contributed by atoms with van der Waals surface area (Å²) in [6.45, 7) is 0.353. The molecular weight excluding hydrogens is 347 g/mol. The van der Waals surface area contributed by atoms with Crippen molar-refractivity contribution in [3.05, 3.63) is 58.1 Å². The Balaban J connectivity index is 2.01. The molecule has 0 aromatic heterocycles. The van der Waals surface area contributed by atoms with Gasteiger partial charge in [0.2, 0.25) is 0 Å². The molecule has 0 amide bonds. The van der Waals surface area contributed by atoms with E-state index in [0.717, 1.165) is 12.1 Å². The zero-order chi connectivity index (χ0) is 17.9. The van der Waals surface area contributed by atoms with Crippen molar-refractivity contribution in [1.29, 1.82) is 0 Å². The number of halogens is 4. The minimum atomic E-state index is -4.37. The molecule has 0 aliphatic carbocycles. The van der Waals surface area contributed by atoms with E-state index in [-0.39, 0.29) is 10.6 Å². The van der Waals surface area contributed by atoms with Crippen LogP contribution in [0.1, 0.15) is 21.5 Å². The highest BCUT2D eigenvalue weighted by Crippen LogP contribution is 2.31. The highest BCUT2D eigenvalue weighted by molar-refractivity contribution is 6.32. The molecule has 0 heterocycles. The largest absolute Gasteiger partial charge is 0.505 e. The molecule has 128 valence electrons. The molecule has 8 heteroatoms. The van der Waals surface area contributed by atoms with Gasteiger partial charge in [-0.2, -0.15) is 13.2 Å². The normalized spacial score (nSPS) is 11.3. The van der Waals surface area contributed by atoms with Crippen molar-refractivity contribution in [3.63, 3.8) is 0 Å². The zero-order valence-electron chi connectivity index (χ0n) is 12.2. The summed E-state index contributed by atoms with van der Waals surface area (Å²) in [6.07, 6.45) is -3.94. The first-order chi connectivity index (χ1) is 11.2. The number of carboxylic acid groups (broad SMARTS) is 1. The first-order valence-corrected chi connectivity index (χ1v) is 7.22. The lowest BCUT2D eigenvalue weighted by molar-refractivity contribution is -0.137. The second kappa shape index (κ2) is 7.00. The monoisotopic (exact) mass is 359 g/mol. The molecule has 24 heavy (non-hydrogen) atoms. The first kappa shape index (κ1) is 17.9. The van der Waals surface area contributed by atoms with Crippen LogP contribution in [0.25, 0.3) is 0 Å². The number of nitrogens with one attached hydrogen (secondary N) is 1. The summed E-state index contributed by atoms with van der Waals surface area (Å²) in [5.74, 6) is -1.83. The average Bonchev–Trinajstić information content (AvgIpc) is 2.50. The van der Waals surface area contributed by atoms with Crippen LogP contribution in [0.3, 0.4) is 0 Å². The van der Waals surface area contributed by atoms with Crippen molar-refractivity contribution in [2.45, 2.75) is 12.6 Å². The third-order valence-corrected chi connectivity index (χ3v) is 3.61. The predicted octanol–water partition coefficient (Wildman–Crippen LogP) is 4.42. The number of phenols is 1. The second-order valence-corrected chi connectivity index (χ2v) is 5.44. The van der Waals surface area contributed by atoms with Gasteiger partial charge in [-0.25, -0.2) is 4.79 Å². The number of aromatic hydroxyl groups is 1. The molecule has 0 spiro atoms. The fraction of sp³-hybridized carbons (Fsp3) is 0.188. The molecule has 2 aromatic rings. The van der Waals surface area contributed by atoms with Gasteiger partial charge in [0.1, 0.15) is 11.3 Å². The Bertz CT molecular complexity index is 745. The van der Waals surface area contributed by atoms with Crippen molar-refractivity contribution in [1.82, 2.24) is 0 Å². The maximum absolute atomic E-state index is 12.5. The Labute approximate surface area is 140 Å². The lowest BCUT2D eigenvalue weighted by atomic mass is 10.1. The molecule has 0 aliphatic heterocycles. The molecule has 0 atom stereocenters. The number of benzene rings is 2. The van der Waals surface area contributed by atoms with Gasteiger partial charge in [-0.15, -0.1) is 0 Å². The van der Waals surface area contributed by atoms with E-state index in [1.807, 2.05) is 0 Å². The zero-order valence-corrected chi connectivity index (χ0v) is 12.9. The molecule has 0 radical (unpaired) electrons. The fourth-order valence-electron chi connectivity index (χ4n) is 2.08. The summed E-state index contributed by atoms with van der Waals surface area (Å²) in [5.41, 5.74) is 0.0381. The lowest BCUT2D eigenvalue weighted by Gasteiger charge is -2.11. The summed E-state index contributed by atoms with van der Waals surface area (Å²) in [4.78, 5) is 11.0. The van der Waals surface area contributed by atoms with E-state index >= 15 is 0 Å². The van der Waals surface area contributed by atoms with E-state index in [4.69, 9.17) is 16.7 Å². The van der Waals surface area contributed by atoms with Gasteiger partial charge in [0.25, 0.3) is 0 Å². The van der Waals surface area contributed by atoms with E-state index in [0.29, 0.717) is 24.2 Å². The topological polar surface area (TPSA) is 69.6 Å². The number of alkyl halides is 3. The molecule has 0 bridgehead atoms. The minimum Gasteiger partial charge on any atom is -0.505 e. The van der Waals surface area contributed by atoms with Crippen molar-refractivity contribution in [2.24, 2.45) is 0 Å². The summed E-state index contributed by atoms with van der Waals surface area (Å²) in [5, 5.41) is 21.3. The van der Waals surface area contributed by atoms with E-state index in [1.54, 1.807) is 0 Å². The van der Waals surface area contributed by atoms with Crippen molar-refractivity contribution >= 4 is 23.3 Å². The van der Waals surface area contributed by atoms with Gasteiger partial charge in [-0.3, -0.25) is 0 Å². The van der Waals surface area contributed by atoms with Crippen LogP contribution < -0.4 is 5.32 Å². The number of rotatable bonds is 5. The molecule has 0 saturated carbocycles. The van der Waals surface area contributed by atoms with Crippen LogP contribution in [0.4, 0.5) is 18.9 Å². The van der Waals surface area contributed by atoms with Gasteiger partial charge in [-0.05, 0) is 36.2 Å². The van der Waals surface area contributed by atoms with Crippen LogP contribution >= 0.6 is 11.6 Å². The summed E-state index contributed by atoms with van der Waals surface area (Å²) in [7, 11) is 0. The molecule has 0 fully saturated rings. The Kier molecular flexibility index (Phi) is 5.23. The maximum atomic E-state index is 12.5. The minimum absolute atomic E-state index is 0.105. The van der Waals surface area contributed by atoms with Gasteiger partial charge < -0.3 is 15.5 Å². The Morgan fingerprint density at radius 2 is 1.79 bits per heavy atom. The van der Waals surface area contributed by atoms with E-state index in [1.165, 1.54) is 24.3 Å². The highest BCUT2D eigenvalue weighted by atomic mass is 35.5. The molecular formula is C16H13ClF3NO3. The summed E-state index contributed by atoms with van der Waals surface area (Å²) >= 11 is 5.76. The van der Waals surface area contributed by atoms with Crippen LogP contribution in [0.15, 0.2) is 36.4 Å². The summed E-state index contributed by atoms with van der Waals surface area (Å²) < 4.78 is 37.4. The average molecular weight is 360 g/mol. The van der Waals surface area contributed by atoms with Gasteiger partial charge in [0.05, 0.1) is 10.6 Å². The van der Waals surface area contributed by atoms with Crippen LogP contribution in [-0.4, -0.2) is 22.7 Å². The second-order valence-electron chi connectivity index (χ2n) is 5.03. The first-order valence-electron chi connectivity index (χ1n) is 6.84. The van der Waals surface area contributed by atoms with E-state index < -0.39 is 23.5 Å². The van der Waals surface area contributed by atoms with Crippen molar-refractivity contribution in [3.8, 4) is 5.75 Å². The number of aromatic carboxylic acids is 1. The molecule has 0 saturated heterocycles. The van der Waals surface area contributed by atoms with Gasteiger partial charge in [0.15, 0.2) is 0 Å². The number of hydrogen-bond acceptors (Lipinski definition) is 3. The Morgan fingerprint density at radius 1 is 1.17 bits per heavy atom. The van der Waals surface area contributed by atoms with E-state index in [9.17, 15) is 23.1 Å². The molecule has 0 unspecified atom stereocenters. The van der Waals surface area contributed by atoms with Crippen molar-refractivity contribution in [2.75, 3.05) is 11.9 Å². The number of carboxylic acids is 1. The molecule has 4 nitrogen and oxygen atoms in total. The number of carbonyl (C=O) groups is 1. The van der Waals surface area contributed by atoms with Gasteiger partial charge in [-0.1, -0.05) is 23.7 Å². The number of hydrogen-bond donors (Lipinski definition) is 3. The maximum Gasteiger partial charge on any atom is 0.416 e. The quantitative estimate of drug-likeness (QED) is 0.691. The van der Waals surface area contributed by atoms with Gasteiger partial charge in [0, 0.05) is 12.2 Å². The predicted molar refractivity (Wildman–Crippen MR) is 83.7 cm³/mol. The number of anilines is 1. The molecule has 3 N–H and O–H groups in total. The van der Waals surface area contributed by atoms with Crippen LogP contribution in [0.5, 0.6) is 5.75 Å². The molecule has 0 aliphatic rings. The fourth-order valence-corrected chi connectivity index (χ4v) is 2.30. The smallest absolute Gasteiger partial charge is 0.416 e. The standard InChI is InChI=1S/C16H13ClF3NO3/c17-13-8-11(7-12(14(13)22)15(23)24)21-6-5-9-1-3-10(4-2-9)16(18,19)20/h1-4,7-8,21-22H,5-6H2,(H,23,24). The van der Waals surface area contributed by atoms with Gasteiger partial charge >= 0.3 is 12.1 Å². The third-order valence-electron chi connectivity index (χ3n) is 3.32. The highest BCUT2D eigenvalue weighted by Gasteiger charge is 2.29. The lowest BCUT2D eigenvalue weighted by Crippen LogP contribution is -2.08. The van der Waals surface area contributed by atoms with Crippen LogP contribution in [0, 0.1) is 0 Å². The Morgan fingerprint density at radius 3 is 2.33 bits per heavy atom. The molecule has 2 aromatic carbocycles. The van der Waals surface area contributed by atoms with Crippen molar-refractivity contribution < 1.29 is 28.2 Å². The molecule has 2 rings (SSSR count). The van der Waals surface area contributed by atoms with E-state index in [2.05, 4.69) is 5.32 Å². The SMILES string of the molecule is O=C(O)c1cc(NCCc2ccc(C(F)(F)F)cc2)cc(Cl)c1O. The van der Waals surface area contributed by atoms with Crippen LogP contribution in [-0.2, 0) is 12.6 Å². The summed E-state index contributed by atoms with van der Waals surface area (Å²) in [6, 6.07) is 7.39. The van der Waals surface area contributed by atoms with Crippen LogP contribution in [0.2, 0.25) is 5.02 Å². The third kappa shape index (κ3) is 4.32.